The molecule has 2 rings (SSSR count). The highest BCUT2D eigenvalue weighted by molar-refractivity contribution is 6.42. The SMILES string of the molecule is CCOC(=O)C1=NN=C(c2ccccc2)C1. The van der Waals surface area contributed by atoms with E-state index in [1.165, 1.54) is 0 Å². The minimum atomic E-state index is -0.378. The Morgan fingerprint density at radius 1 is 1.31 bits per heavy atom. The maximum absolute atomic E-state index is 11.4. The molecule has 0 unspecified atom stereocenters. The van der Waals surface area contributed by atoms with Crippen LogP contribution in [0.3, 0.4) is 0 Å². The fourth-order valence-electron chi connectivity index (χ4n) is 1.47. The molecule has 0 fully saturated rings. The highest BCUT2D eigenvalue weighted by atomic mass is 16.5. The van der Waals surface area contributed by atoms with Crippen LogP contribution in [0.25, 0.3) is 0 Å². The summed E-state index contributed by atoms with van der Waals surface area (Å²) in [6, 6.07) is 9.69. The molecule has 0 bridgehead atoms. The van der Waals surface area contributed by atoms with Crippen LogP contribution in [-0.2, 0) is 9.53 Å². The maximum Gasteiger partial charge on any atom is 0.354 e. The number of esters is 1. The second-order valence-corrected chi connectivity index (χ2v) is 3.36. The minimum Gasteiger partial charge on any atom is -0.461 e. The van der Waals surface area contributed by atoms with Gasteiger partial charge in [0.05, 0.1) is 12.3 Å². The molecule has 0 saturated carbocycles. The lowest BCUT2D eigenvalue weighted by molar-refractivity contribution is -0.135. The Hall–Kier alpha value is -1.97. The van der Waals surface area contributed by atoms with Crippen LogP contribution >= 0.6 is 0 Å². The average molecular weight is 216 g/mol. The summed E-state index contributed by atoms with van der Waals surface area (Å²) >= 11 is 0. The third-order valence-corrected chi connectivity index (χ3v) is 2.24. The van der Waals surface area contributed by atoms with E-state index >= 15 is 0 Å². The fraction of sp³-hybridized carbons (Fsp3) is 0.250. The molecule has 16 heavy (non-hydrogen) atoms. The number of ether oxygens (including phenoxy) is 1. The van der Waals surface area contributed by atoms with Gasteiger partial charge in [-0.05, 0) is 12.5 Å². The van der Waals surface area contributed by atoms with Gasteiger partial charge in [-0.2, -0.15) is 5.10 Å². The number of hydrogen-bond acceptors (Lipinski definition) is 4. The Morgan fingerprint density at radius 3 is 2.75 bits per heavy atom. The summed E-state index contributed by atoms with van der Waals surface area (Å²) in [5.74, 6) is -0.378. The molecule has 0 N–H and O–H groups in total. The number of carbonyl (C=O) groups excluding carboxylic acids is 1. The van der Waals surface area contributed by atoms with E-state index in [1.54, 1.807) is 6.92 Å². The van der Waals surface area contributed by atoms with Crippen molar-refractivity contribution in [3.05, 3.63) is 35.9 Å². The Labute approximate surface area is 93.7 Å². The first-order valence-corrected chi connectivity index (χ1v) is 5.17. The number of nitrogens with zero attached hydrogens (tertiary/aromatic N) is 2. The molecule has 1 heterocycles. The standard InChI is InChI=1S/C12H12N2O2/c1-2-16-12(15)11-8-10(13-14-11)9-6-4-3-5-7-9/h3-7H,2,8H2,1H3. The van der Waals surface area contributed by atoms with E-state index in [2.05, 4.69) is 10.2 Å². The monoisotopic (exact) mass is 216 g/mol. The van der Waals surface area contributed by atoms with E-state index in [4.69, 9.17) is 4.74 Å². The maximum atomic E-state index is 11.4. The zero-order valence-corrected chi connectivity index (χ0v) is 9.01. The highest BCUT2D eigenvalue weighted by Gasteiger charge is 2.21. The van der Waals surface area contributed by atoms with Gasteiger partial charge in [-0.1, -0.05) is 30.3 Å². The molecule has 0 radical (unpaired) electrons. The fourth-order valence-corrected chi connectivity index (χ4v) is 1.47. The lowest BCUT2D eigenvalue weighted by atomic mass is 10.1. The molecule has 1 aromatic rings. The first-order valence-electron chi connectivity index (χ1n) is 5.17. The van der Waals surface area contributed by atoms with Gasteiger partial charge in [-0.25, -0.2) is 4.79 Å². The van der Waals surface area contributed by atoms with Crippen LogP contribution in [-0.4, -0.2) is 24.0 Å². The summed E-state index contributed by atoms with van der Waals surface area (Å²) in [7, 11) is 0. The minimum absolute atomic E-state index is 0.360. The summed E-state index contributed by atoms with van der Waals surface area (Å²) in [4.78, 5) is 11.4. The van der Waals surface area contributed by atoms with Crippen molar-refractivity contribution in [2.24, 2.45) is 10.2 Å². The van der Waals surface area contributed by atoms with Crippen molar-refractivity contribution < 1.29 is 9.53 Å². The average Bonchev–Trinajstić information content (AvgIpc) is 2.80. The molecular weight excluding hydrogens is 204 g/mol. The summed E-state index contributed by atoms with van der Waals surface area (Å²) in [6.07, 6.45) is 0.447. The smallest absolute Gasteiger partial charge is 0.354 e. The van der Waals surface area contributed by atoms with Crippen LogP contribution in [0, 0.1) is 0 Å². The molecule has 0 aromatic heterocycles. The second-order valence-electron chi connectivity index (χ2n) is 3.36. The van der Waals surface area contributed by atoms with Crippen LogP contribution in [0.4, 0.5) is 0 Å². The summed E-state index contributed by atoms with van der Waals surface area (Å²) < 4.78 is 4.87. The van der Waals surface area contributed by atoms with Gasteiger partial charge in [0.1, 0.15) is 0 Å². The molecular formula is C12H12N2O2. The normalized spacial score (nSPS) is 14.3. The molecule has 1 aliphatic rings. The third kappa shape index (κ3) is 2.16. The lowest BCUT2D eigenvalue weighted by Gasteiger charge is -2.01. The van der Waals surface area contributed by atoms with Gasteiger partial charge in [0.2, 0.25) is 0 Å². The first-order chi connectivity index (χ1) is 7.81. The van der Waals surface area contributed by atoms with Crippen LogP contribution in [0.2, 0.25) is 0 Å². The number of hydrogen-bond donors (Lipinski definition) is 0. The van der Waals surface area contributed by atoms with Crippen molar-refractivity contribution in [1.29, 1.82) is 0 Å². The first kappa shape index (κ1) is 10.5. The molecule has 4 heteroatoms. The summed E-state index contributed by atoms with van der Waals surface area (Å²) in [5.41, 5.74) is 2.18. The zero-order valence-electron chi connectivity index (χ0n) is 9.01. The number of rotatable bonds is 3. The largest absolute Gasteiger partial charge is 0.461 e. The van der Waals surface area contributed by atoms with Crippen LogP contribution in [0.5, 0.6) is 0 Å². The highest BCUT2D eigenvalue weighted by Crippen LogP contribution is 2.12. The van der Waals surface area contributed by atoms with Crippen molar-refractivity contribution in [2.75, 3.05) is 6.61 Å². The van der Waals surface area contributed by atoms with Gasteiger partial charge >= 0.3 is 5.97 Å². The van der Waals surface area contributed by atoms with Crippen LogP contribution < -0.4 is 0 Å². The Morgan fingerprint density at radius 2 is 2.06 bits per heavy atom. The van der Waals surface area contributed by atoms with E-state index in [-0.39, 0.29) is 5.97 Å². The quantitative estimate of drug-likeness (QED) is 0.723. The molecule has 0 atom stereocenters. The Bertz CT molecular complexity index is 449. The molecule has 1 aromatic carbocycles. The van der Waals surface area contributed by atoms with Gasteiger partial charge in [0, 0.05) is 6.42 Å². The van der Waals surface area contributed by atoms with Crippen molar-refractivity contribution in [3.63, 3.8) is 0 Å². The van der Waals surface area contributed by atoms with Crippen molar-refractivity contribution in [2.45, 2.75) is 13.3 Å². The van der Waals surface area contributed by atoms with E-state index in [0.717, 1.165) is 11.3 Å². The predicted molar refractivity (Wildman–Crippen MR) is 61.7 cm³/mol. The summed E-state index contributed by atoms with van der Waals surface area (Å²) in [5, 5.41) is 7.84. The third-order valence-electron chi connectivity index (χ3n) is 2.24. The second kappa shape index (κ2) is 4.70. The lowest BCUT2D eigenvalue weighted by Crippen LogP contribution is -2.18. The Kier molecular flexibility index (Phi) is 3.10. The van der Waals surface area contributed by atoms with E-state index < -0.39 is 0 Å². The zero-order chi connectivity index (χ0) is 11.4. The summed E-state index contributed by atoms with van der Waals surface area (Å²) in [6.45, 7) is 2.13. The topological polar surface area (TPSA) is 51.0 Å². The molecule has 0 saturated heterocycles. The molecule has 0 aliphatic carbocycles. The van der Waals surface area contributed by atoms with E-state index in [0.29, 0.717) is 18.7 Å². The van der Waals surface area contributed by atoms with Crippen molar-refractivity contribution in [1.82, 2.24) is 0 Å². The van der Waals surface area contributed by atoms with Crippen LogP contribution in [0.15, 0.2) is 40.5 Å². The van der Waals surface area contributed by atoms with E-state index in [1.807, 2.05) is 30.3 Å². The molecule has 4 nitrogen and oxygen atoms in total. The van der Waals surface area contributed by atoms with Gasteiger partial charge in [-0.3, -0.25) is 0 Å². The van der Waals surface area contributed by atoms with Gasteiger partial charge in [0.15, 0.2) is 5.71 Å². The molecule has 0 amide bonds. The van der Waals surface area contributed by atoms with Gasteiger partial charge in [-0.15, -0.1) is 5.10 Å². The number of benzene rings is 1. The van der Waals surface area contributed by atoms with Gasteiger partial charge < -0.3 is 4.74 Å². The Balaban J connectivity index is 2.04. The van der Waals surface area contributed by atoms with Crippen molar-refractivity contribution >= 4 is 17.4 Å². The van der Waals surface area contributed by atoms with Gasteiger partial charge in [0.25, 0.3) is 0 Å². The van der Waals surface area contributed by atoms with E-state index in [9.17, 15) is 4.79 Å². The van der Waals surface area contributed by atoms with Crippen molar-refractivity contribution in [3.8, 4) is 0 Å². The predicted octanol–water partition coefficient (Wildman–Crippen LogP) is 1.80. The number of carbonyl (C=O) groups is 1. The van der Waals surface area contributed by atoms with Crippen LogP contribution in [0.1, 0.15) is 18.9 Å². The molecule has 0 spiro atoms. The molecule has 1 aliphatic heterocycles. The molecule has 82 valence electrons.